The average Bonchev–Trinajstić information content (AvgIpc) is 2.44. The Kier molecular flexibility index (Phi) is 6.56. The molecule has 1 aromatic rings. The fourth-order valence-electron chi connectivity index (χ4n) is 2.01. The summed E-state index contributed by atoms with van der Waals surface area (Å²) < 4.78 is 10.5. The molecule has 1 heterocycles. The predicted octanol–water partition coefficient (Wildman–Crippen LogP) is 2.41. The van der Waals surface area contributed by atoms with Gasteiger partial charge in [-0.2, -0.15) is 0 Å². The van der Waals surface area contributed by atoms with Crippen molar-refractivity contribution in [3.63, 3.8) is 0 Å². The van der Waals surface area contributed by atoms with Gasteiger partial charge in [0.05, 0.1) is 19.8 Å². The van der Waals surface area contributed by atoms with Crippen LogP contribution in [0.5, 0.6) is 11.8 Å². The van der Waals surface area contributed by atoms with Gasteiger partial charge in [0.1, 0.15) is 6.33 Å². The third-order valence-corrected chi connectivity index (χ3v) is 3.33. The summed E-state index contributed by atoms with van der Waals surface area (Å²) in [6.07, 6.45) is 3.80. The Morgan fingerprint density at radius 3 is 2.21 bits per heavy atom. The van der Waals surface area contributed by atoms with Crippen LogP contribution in [0, 0.1) is 5.92 Å². The highest BCUT2D eigenvalue weighted by Crippen LogP contribution is 2.23. The van der Waals surface area contributed by atoms with Gasteiger partial charge < -0.3 is 14.8 Å². The first-order valence-electron chi connectivity index (χ1n) is 6.77. The van der Waals surface area contributed by atoms with Crippen molar-refractivity contribution in [2.24, 2.45) is 5.92 Å². The van der Waals surface area contributed by atoms with Crippen molar-refractivity contribution in [3.8, 4) is 11.8 Å². The number of hydrogen-bond acceptors (Lipinski definition) is 5. The molecule has 0 saturated heterocycles. The summed E-state index contributed by atoms with van der Waals surface area (Å²) >= 11 is 0. The third-order valence-electron chi connectivity index (χ3n) is 3.33. The lowest BCUT2D eigenvalue weighted by Crippen LogP contribution is -2.27. The van der Waals surface area contributed by atoms with Gasteiger partial charge >= 0.3 is 0 Å². The molecule has 19 heavy (non-hydrogen) atoms. The van der Waals surface area contributed by atoms with Crippen LogP contribution in [0.4, 0.5) is 0 Å². The van der Waals surface area contributed by atoms with Crippen LogP contribution in [-0.2, 0) is 6.54 Å². The Morgan fingerprint density at radius 1 is 1.16 bits per heavy atom. The summed E-state index contributed by atoms with van der Waals surface area (Å²) in [5.41, 5.74) is 0.864. The summed E-state index contributed by atoms with van der Waals surface area (Å²) in [7, 11) is 3.21. The lowest BCUT2D eigenvalue weighted by atomic mass is 10.0. The molecule has 0 fully saturated rings. The van der Waals surface area contributed by atoms with Gasteiger partial charge in [-0.1, -0.05) is 20.3 Å². The SMILES string of the molecule is CCC(C)CC(C)NCc1c(OC)ncnc1OC. The maximum Gasteiger partial charge on any atom is 0.224 e. The molecule has 5 heteroatoms. The number of nitrogens with one attached hydrogen (secondary N) is 1. The van der Waals surface area contributed by atoms with E-state index in [1.807, 2.05) is 0 Å². The van der Waals surface area contributed by atoms with Gasteiger partial charge in [0.15, 0.2) is 0 Å². The van der Waals surface area contributed by atoms with Crippen molar-refractivity contribution in [1.82, 2.24) is 15.3 Å². The van der Waals surface area contributed by atoms with Gasteiger partial charge in [0, 0.05) is 12.6 Å². The molecule has 0 aliphatic heterocycles. The summed E-state index contributed by atoms with van der Waals surface area (Å²) in [5, 5.41) is 3.47. The van der Waals surface area contributed by atoms with Crippen LogP contribution < -0.4 is 14.8 Å². The molecule has 1 aromatic heterocycles. The van der Waals surface area contributed by atoms with E-state index >= 15 is 0 Å². The molecule has 2 unspecified atom stereocenters. The second-order valence-corrected chi connectivity index (χ2v) is 4.90. The third kappa shape index (κ3) is 4.67. The first kappa shape index (κ1) is 15.7. The molecule has 108 valence electrons. The molecule has 0 radical (unpaired) electrons. The van der Waals surface area contributed by atoms with E-state index in [1.54, 1.807) is 14.2 Å². The Hall–Kier alpha value is -1.36. The van der Waals surface area contributed by atoms with Crippen LogP contribution in [0.1, 0.15) is 39.2 Å². The molecule has 0 saturated carbocycles. The first-order valence-corrected chi connectivity index (χ1v) is 6.77. The summed E-state index contributed by atoms with van der Waals surface area (Å²) in [6, 6.07) is 0.435. The number of hydrogen-bond donors (Lipinski definition) is 1. The van der Waals surface area contributed by atoms with Crippen LogP contribution in [0.15, 0.2) is 6.33 Å². The van der Waals surface area contributed by atoms with E-state index in [2.05, 4.69) is 36.1 Å². The predicted molar refractivity (Wildman–Crippen MR) is 75.5 cm³/mol. The zero-order valence-electron chi connectivity index (χ0n) is 12.6. The molecule has 0 aromatic carbocycles. The van der Waals surface area contributed by atoms with E-state index in [4.69, 9.17) is 9.47 Å². The molecular formula is C14H25N3O2. The van der Waals surface area contributed by atoms with E-state index in [0.717, 1.165) is 17.9 Å². The number of aromatic nitrogens is 2. The van der Waals surface area contributed by atoms with Crippen molar-refractivity contribution < 1.29 is 9.47 Å². The summed E-state index contributed by atoms with van der Waals surface area (Å²) in [5.74, 6) is 1.85. The van der Waals surface area contributed by atoms with Crippen LogP contribution in [0.2, 0.25) is 0 Å². The van der Waals surface area contributed by atoms with Gasteiger partial charge in [0.2, 0.25) is 11.8 Å². The van der Waals surface area contributed by atoms with Crippen LogP contribution in [0.25, 0.3) is 0 Å². The van der Waals surface area contributed by atoms with Crippen LogP contribution in [0.3, 0.4) is 0 Å². The number of methoxy groups -OCH3 is 2. The highest BCUT2D eigenvalue weighted by atomic mass is 16.5. The normalized spacial score (nSPS) is 13.9. The molecular weight excluding hydrogens is 242 g/mol. The minimum Gasteiger partial charge on any atom is -0.481 e. The minimum absolute atomic E-state index is 0.435. The van der Waals surface area contributed by atoms with E-state index in [0.29, 0.717) is 24.3 Å². The van der Waals surface area contributed by atoms with Gasteiger partial charge in [-0.15, -0.1) is 0 Å². The van der Waals surface area contributed by atoms with Crippen molar-refractivity contribution in [3.05, 3.63) is 11.9 Å². The molecule has 0 amide bonds. The van der Waals surface area contributed by atoms with Gasteiger partial charge in [-0.25, -0.2) is 9.97 Å². The molecule has 0 aliphatic rings. The smallest absolute Gasteiger partial charge is 0.224 e. The molecule has 0 bridgehead atoms. The van der Waals surface area contributed by atoms with Crippen molar-refractivity contribution in [2.75, 3.05) is 14.2 Å². The Bertz CT molecular complexity index is 363. The zero-order valence-corrected chi connectivity index (χ0v) is 12.6. The van der Waals surface area contributed by atoms with Gasteiger partial charge in [-0.3, -0.25) is 0 Å². The second-order valence-electron chi connectivity index (χ2n) is 4.90. The maximum atomic E-state index is 5.25. The highest BCUT2D eigenvalue weighted by molar-refractivity contribution is 5.34. The number of nitrogens with zero attached hydrogens (tertiary/aromatic N) is 2. The lowest BCUT2D eigenvalue weighted by Gasteiger charge is -2.18. The quantitative estimate of drug-likeness (QED) is 0.784. The Balaban J connectivity index is 2.66. The second kappa shape index (κ2) is 7.94. The van der Waals surface area contributed by atoms with Gasteiger partial charge in [-0.05, 0) is 19.3 Å². The first-order chi connectivity index (χ1) is 9.12. The van der Waals surface area contributed by atoms with E-state index in [-0.39, 0.29) is 0 Å². The highest BCUT2D eigenvalue weighted by Gasteiger charge is 2.14. The standard InChI is InChI=1S/C14H25N3O2/c1-6-10(2)7-11(3)15-8-12-13(18-4)16-9-17-14(12)19-5/h9-11,15H,6-8H2,1-5H3. The summed E-state index contributed by atoms with van der Waals surface area (Å²) in [6.45, 7) is 7.32. The fraction of sp³-hybridized carbons (Fsp3) is 0.714. The van der Waals surface area contributed by atoms with Crippen molar-refractivity contribution in [1.29, 1.82) is 0 Å². The zero-order chi connectivity index (χ0) is 14.3. The van der Waals surface area contributed by atoms with Crippen molar-refractivity contribution >= 4 is 0 Å². The molecule has 1 N–H and O–H groups in total. The number of rotatable bonds is 8. The molecule has 0 spiro atoms. The molecule has 2 atom stereocenters. The Labute approximate surface area is 115 Å². The molecule has 5 nitrogen and oxygen atoms in total. The largest absolute Gasteiger partial charge is 0.481 e. The summed E-state index contributed by atoms with van der Waals surface area (Å²) in [4.78, 5) is 8.22. The van der Waals surface area contributed by atoms with Gasteiger partial charge in [0.25, 0.3) is 0 Å². The number of ether oxygens (including phenoxy) is 2. The molecule has 0 aliphatic carbocycles. The average molecular weight is 267 g/mol. The topological polar surface area (TPSA) is 56.3 Å². The van der Waals surface area contributed by atoms with Crippen LogP contribution >= 0.6 is 0 Å². The maximum absolute atomic E-state index is 5.25. The van der Waals surface area contributed by atoms with E-state index in [1.165, 1.54) is 12.7 Å². The van der Waals surface area contributed by atoms with E-state index in [9.17, 15) is 0 Å². The minimum atomic E-state index is 0.435. The molecule has 1 rings (SSSR count). The monoisotopic (exact) mass is 267 g/mol. The van der Waals surface area contributed by atoms with E-state index < -0.39 is 0 Å². The Morgan fingerprint density at radius 2 is 1.74 bits per heavy atom. The van der Waals surface area contributed by atoms with Crippen LogP contribution in [-0.4, -0.2) is 30.2 Å². The lowest BCUT2D eigenvalue weighted by molar-refractivity contribution is 0.352. The fourth-order valence-corrected chi connectivity index (χ4v) is 2.01. The van der Waals surface area contributed by atoms with Crippen molar-refractivity contribution in [2.45, 2.75) is 46.2 Å².